The van der Waals surface area contributed by atoms with E-state index in [1.54, 1.807) is 0 Å². The summed E-state index contributed by atoms with van der Waals surface area (Å²) in [5, 5.41) is 0. The van der Waals surface area contributed by atoms with Crippen LogP contribution < -0.4 is 0 Å². The Kier molecular flexibility index (Phi) is 37.2. The summed E-state index contributed by atoms with van der Waals surface area (Å²) in [6.45, 7) is 33.2. The summed E-state index contributed by atoms with van der Waals surface area (Å²) in [6.07, 6.45) is 46.2. The minimum absolute atomic E-state index is 0.177. The van der Waals surface area contributed by atoms with Crippen molar-refractivity contribution in [3.8, 4) is 0 Å². The van der Waals surface area contributed by atoms with Gasteiger partial charge in [0.2, 0.25) is 0 Å². The SMILES string of the molecule is CC(C)=CCC/C(C)=C\CC/C(C)=C\CC/C(C)=C\COP(=O)(OC/C=C(/C)CC/C=C(/C)CC/C=C(/C)CCC=C(C)C)OC/C=C(/C)CC/C=C(/C)CC/C=C(/C)CCC=C(C)C. The van der Waals surface area contributed by atoms with Gasteiger partial charge in [-0.1, -0.05) is 140 Å². The monoisotopic (exact) mass is 915 g/mol. The van der Waals surface area contributed by atoms with Crippen LogP contribution in [0.2, 0.25) is 0 Å². The van der Waals surface area contributed by atoms with Crippen molar-refractivity contribution in [1.82, 2.24) is 0 Å². The molecule has 0 amide bonds. The van der Waals surface area contributed by atoms with E-state index in [0.29, 0.717) is 0 Å². The fourth-order valence-corrected chi connectivity index (χ4v) is 7.88. The van der Waals surface area contributed by atoms with Gasteiger partial charge in [-0.05, 0) is 219 Å². The second-order valence-electron chi connectivity index (χ2n) is 19.5. The van der Waals surface area contributed by atoms with Crippen molar-refractivity contribution in [2.45, 2.75) is 219 Å². The van der Waals surface area contributed by atoms with E-state index in [0.717, 1.165) is 116 Å². The third kappa shape index (κ3) is 41.0. The number of hydrogen-bond donors (Lipinski definition) is 0. The summed E-state index contributed by atoms with van der Waals surface area (Å²) >= 11 is 0. The Morgan fingerprint density at radius 2 is 0.415 bits per heavy atom. The zero-order chi connectivity index (χ0) is 48.9. The highest BCUT2D eigenvalue weighted by atomic mass is 31.2. The number of phosphoric ester groups is 1. The molecule has 0 rings (SSSR count). The van der Waals surface area contributed by atoms with Crippen LogP contribution in [0, 0.1) is 0 Å². The van der Waals surface area contributed by atoms with E-state index in [9.17, 15) is 4.57 Å². The molecule has 0 N–H and O–H groups in total. The minimum atomic E-state index is -3.81. The fourth-order valence-electron chi connectivity index (χ4n) is 6.89. The highest BCUT2D eigenvalue weighted by Gasteiger charge is 2.25. The van der Waals surface area contributed by atoms with Crippen LogP contribution in [0.3, 0.4) is 0 Å². The molecule has 4 nitrogen and oxygen atoms in total. The molecule has 0 aliphatic heterocycles. The predicted molar refractivity (Wildman–Crippen MR) is 291 cm³/mol. The van der Waals surface area contributed by atoms with Gasteiger partial charge >= 0.3 is 7.82 Å². The van der Waals surface area contributed by atoms with E-state index in [1.165, 1.54) is 66.9 Å². The Morgan fingerprint density at radius 1 is 0.262 bits per heavy atom. The number of allylic oxidation sites excluding steroid dienone is 21. The molecule has 0 aromatic rings. The van der Waals surface area contributed by atoms with E-state index in [1.807, 2.05) is 18.2 Å². The first kappa shape index (κ1) is 62.0. The first-order valence-corrected chi connectivity index (χ1v) is 26.6. The van der Waals surface area contributed by atoms with Crippen molar-refractivity contribution in [2.75, 3.05) is 19.8 Å². The van der Waals surface area contributed by atoms with Crippen molar-refractivity contribution >= 4 is 7.82 Å². The van der Waals surface area contributed by atoms with E-state index < -0.39 is 7.82 Å². The standard InChI is InChI=1S/C60H99O4P/c1-49(2)25-16-28-52(7)31-19-34-55(10)37-22-40-58(13)43-46-62-65(61,63-47-44-59(14)41-23-38-56(11)35-20-32-53(8)29-17-26-50(3)4)64-48-45-60(15)42-24-39-57(12)36-21-33-54(9)30-18-27-51(5)6/h25-27,31-33,37-39,43-45H,16-24,28-30,34-36,40-42,46-48H2,1-15H3/b52-31-,53-32-,54-33-,55-37-,56-38-,57-39-,58-43-,59-44-,60-45-. The zero-order valence-electron chi connectivity index (χ0n) is 44.9. The van der Waals surface area contributed by atoms with Crippen molar-refractivity contribution < 1.29 is 18.1 Å². The first-order chi connectivity index (χ1) is 30.8. The third-order valence-electron chi connectivity index (χ3n) is 11.5. The van der Waals surface area contributed by atoms with Gasteiger partial charge in [-0.25, -0.2) is 4.57 Å². The van der Waals surface area contributed by atoms with Gasteiger partial charge in [-0.2, -0.15) is 0 Å². The number of hydrogen-bond acceptors (Lipinski definition) is 4. The lowest BCUT2D eigenvalue weighted by Crippen LogP contribution is -2.02. The molecule has 0 atom stereocenters. The van der Waals surface area contributed by atoms with E-state index in [4.69, 9.17) is 13.6 Å². The van der Waals surface area contributed by atoms with Crippen LogP contribution in [0.15, 0.2) is 140 Å². The third-order valence-corrected chi connectivity index (χ3v) is 12.9. The number of phosphoric acid groups is 1. The lowest BCUT2D eigenvalue weighted by Gasteiger charge is -2.16. The van der Waals surface area contributed by atoms with Crippen LogP contribution in [-0.2, 0) is 18.1 Å². The summed E-state index contributed by atoms with van der Waals surface area (Å²) in [5.74, 6) is 0. The molecule has 0 saturated carbocycles. The highest BCUT2D eigenvalue weighted by molar-refractivity contribution is 7.48. The minimum Gasteiger partial charge on any atom is -0.283 e. The summed E-state index contributed by atoms with van der Waals surface area (Å²) in [5.41, 5.74) is 16.4. The molecule has 65 heavy (non-hydrogen) atoms. The molecule has 0 spiro atoms. The summed E-state index contributed by atoms with van der Waals surface area (Å²) in [7, 11) is -3.81. The van der Waals surface area contributed by atoms with Gasteiger partial charge in [0.1, 0.15) is 0 Å². The Morgan fingerprint density at radius 3 is 0.585 bits per heavy atom. The smallest absolute Gasteiger partial charge is 0.283 e. The molecule has 0 aliphatic rings. The molecule has 0 heterocycles. The molecule has 0 bridgehead atoms. The van der Waals surface area contributed by atoms with Crippen LogP contribution in [0.5, 0.6) is 0 Å². The molecule has 0 unspecified atom stereocenters. The van der Waals surface area contributed by atoms with Crippen LogP contribution in [0.1, 0.15) is 219 Å². The second-order valence-corrected chi connectivity index (χ2v) is 21.2. The molecule has 0 aromatic carbocycles. The maximum Gasteiger partial charge on any atom is 0.475 e. The highest BCUT2D eigenvalue weighted by Crippen LogP contribution is 2.49. The molecule has 0 saturated heterocycles. The van der Waals surface area contributed by atoms with Gasteiger partial charge in [0.05, 0.1) is 19.8 Å². The molecule has 0 fully saturated rings. The van der Waals surface area contributed by atoms with E-state index in [2.05, 4.69) is 159 Å². The maximum absolute atomic E-state index is 14.0. The predicted octanol–water partition coefficient (Wildman–Crippen LogP) is 20.6. The first-order valence-electron chi connectivity index (χ1n) is 25.1. The Labute approximate surface area is 403 Å². The molecule has 368 valence electrons. The van der Waals surface area contributed by atoms with Crippen LogP contribution in [-0.4, -0.2) is 19.8 Å². The van der Waals surface area contributed by atoms with Gasteiger partial charge in [0.15, 0.2) is 0 Å². The Hall–Kier alpha value is -3.01. The molecular weight excluding hydrogens is 816 g/mol. The van der Waals surface area contributed by atoms with Crippen molar-refractivity contribution in [3.05, 3.63) is 140 Å². The van der Waals surface area contributed by atoms with Gasteiger partial charge in [0.25, 0.3) is 0 Å². The zero-order valence-corrected chi connectivity index (χ0v) is 45.8. The van der Waals surface area contributed by atoms with Gasteiger partial charge in [-0.3, -0.25) is 13.6 Å². The van der Waals surface area contributed by atoms with Crippen molar-refractivity contribution in [3.63, 3.8) is 0 Å². The maximum atomic E-state index is 14.0. The second kappa shape index (κ2) is 39.0. The van der Waals surface area contributed by atoms with E-state index in [-0.39, 0.29) is 19.8 Å². The summed E-state index contributed by atoms with van der Waals surface area (Å²) < 4.78 is 31.7. The molecule has 0 radical (unpaired) electrons. The summed E-state index contributed by atoms with van der Waals surface area (Å²) in [4.78, 5) is 0. The molecule has 0 aromatic heterocycles. The number of rotatable bonds is 36. The Balaban J connectivity index is 5.36. The lowest BCUT2D eigenvalue weighted by atomic mass is 10.0. The quantitative estimate of drug-likeness (QED) is 0.0464. The fraction of sp³-hybridized carbons (Fsp3) is 0.600. The molecular formula is C60H99O4P. The summed E-state index contributed by atoms with van der Waals surface area (Å²) in [6, 6.07) is 0. The van der Waals surface area contributed by atoms with Gasteiger partial charge in [-0.15, -0.1) is 0 Å². The topological polar surface area (TPSA) is 44.8 Å². The normalized spacial score (nSPS) is 14.3. The lowest BCUT2D eigenvalue weighted by molar-refractivity contribution is 0.140. The largest absolute Gasteiger partial charge is 0.475 e. The van der Waals surface area contributed by atoms with Crippen LogP contribution in [0.25, 0.3) is 0 Å². The average molecular weight is 915 g/mol. The van der Waals surface area contributed by atoms with Crippen LogP contribution in [0.4, 0.5) is 0 Å². The van der Waals surface area contributed by atoms with Crippen molar-refractivity contribution in [2.24, 2.45) is 0 Å². The average Bonchev–Trinajstić information content (AvgIpc) is 3.20. The molecule has 0 aliphatic carbocycles. The van der Waals surface area contributed by atoms with Gasteiger partial charge in [0, 0.05) is 0 Å². The molecule has 5 heteroatoms. The van der Waals surface area contributed by atoms with Crippen molar-refractivity contribution in [1.29, 1.82) is 0 Å². The van der Waals surface area contributed by atoms with E-state index >= 15 is 0 Å². The Bertz CT molecular complexity index is 1560. The van der Waals surface area contributed by atoms with Gasteiger partial charge < -0.3 is 0 Å². The van der Waals surface area contributed by atoms with Crippen LogP contribution >= 0.6 is 7.82 Å².